The Hall–Kier alpha value is -3.36. The number of carbonyl (C=O) groups excluding carboxylic acids is 1. The maximum Gasteiger partial charge on any atom is 0.257 e. The molecular formula is C24H29ClN2O6. The normalized spacial score (nSPS) is 10.2. The number of methoxy groups -OCH3 is 3. The zero-order chi connectivity index (χ0) is 23.1. The van der Waals surface area contributed by atoms with Crippen LogP contribution in [0, 0.1) is 0 Å². The Kier molecular flexibility index (Phi) is 9.44. The summed E-state index contributed by atoms with van der Waals surface area (Å²) in [5, 5.41) is 0. The number of furan rings is 1. The number of nitrogens with two attached hydrogens (primary N) is 1. The Morgan fingerprint density at radius 1 is 0.970 bits per heavy atom. The van der Waals surface area contributed by atoms with E-state index in [1.807, 2.05) is 24.3 Å². The summed E-state index contributed by atoms with van der Waals surface area (Å²) in [7, 11) is 6.15. The molecule has 0 aliphatic carbocycles. The van der Waals surface area contributed by atoms with Crippen molar-refractivity contribution in [3.8, 4) is 28.7 Å². The number of hydrogen-bond donors (Lipinski definition) is 1. The van der Waals surface area contributed by atoms with Gasteiger partial charge in [-0.2, -0.15) is 0 Å². The average Bonchev–Trinajstić information content (AvgIpc) is 3.32. The minimum absolute atomic E-state index is 0. The third-order valence-electron chi connectivity index (χ3n) is 4.93. The molecule has 1 amide bonds. The second kappa shape index (κ2) is 12.0. The highest BCUT2D eigenvalue weighted by atomic mass is 35.5. The van der Waals surface area contributed by atoms with Gasteiger partial charge < -0.3 is 34.0 Å². The smallest absolute Gasteiger partial charge is 0.257 e. The Morgan fingerprint density at radius 3 is 2.18 bits per heavy atom. The molecule has 0 fully saturated rings. The lowest BCUT2D eigenvalue weighted by atomic mass is 10.1. The molecule has 0 aliphatic rings. The molecule has 1 heterocycles. The maximum absolute atomic E-state index is 13.3. The van der Waals surface area contributed by atoms with E-state index in [9.17, 15) is 4.79 Å². The van der Waals surface area contributed by atoms with E-state index in [1.54, 1.807) is 36.6 Å². The Balaban J connectivity index is 0.00000385. The second-order valence-electron chi connectivity index (χ2n) is 7.10. The molecule has 0 saturated carbocycles. The fourth-order valence-corrected chi connectivity index (χ4v) is 3.37. The van der Waals surface area contributed by atoms with E-state index in [0.717, 1.165) is 17.5 Å². The van der Waals surface area contributed by atoms with Gasteiger partial charge in [0.25, 0.3) is 5.91 Å². The first-order chi connectivity index (χ1) is 15.5. The first-order valence-corrected chi connectivity index (χ1v) is 10.1. The van der Waals surface area contributed by atoms with Crippen LogP contribution in [0.3, 0.4) is 0 Å². The molecule has 9 heteroatoms. The number of halogens is 1. The highest BCUT2D eigenvalue weighted by Gasteiger charge is 2.27. The van der Waals surface area contributed by atoms with Crippen LogP contribution in [0.2, 0.25) is 0 Å². The van der Waals surface area contributed by atoms with Crippen LogP contribution in [0.4, 0.5) is 0 Å². The van der Waals surface area contributed by atoms with Crippen LogP contribution in [-0.2, 0) is 13.0 Å². The Labute approximate surface area is 199 Å². The molecule has 1 aromatic heterocycles. The zero-order valence-electron chi connectivity index (χ0n) is 19.1. The van der Waals surface area contributed by atoms with E-state index >= 15 is 0 Å². The average molecular weight is 477 g/mol. The van der Waals surface area contributed by atoms with Crippen LogP contribution in [0.25, 0.3) is 0 Å². The third kappa shape index (κ3) is 5.91. The molecular weight excluding hydrogens is 448 g/mol. The molecule has 178 valence electrons. The molecule has 2 aromatic carbocycles. The monoisotopic (exact) mass is 476 g/mol. The molecule has 8 nitrogen and oxygen atoms in total. The minimum atomic E-state index is -0.271. The summed E-state index contributed by atoms with van der Waals surface area (Å²) in [4.78, 5) is 14.8. The number of ether oxygens (including phenoxy) is 4. The first-order valence-electron chi connectivity index (χ1n) is 10.1. The second-order valence-corrected chi connectivity index (χ2v) is 7.10. The van der Waals surface area contributed by atoms with Crippen LogP contribution in [-0.4, -0.2) is 45.7 Å². The van der Waals surface area contributed by atoms with Crippen molar-refractivity contribution < 1.29 is 28.2 Å². The number of carbonyl (C=O) groups is 1. The summed E-state index contributed by atoms with van der Waals surface area (Å²) >= 11 is 0. The predicted octanol–water partition coefficient (Wildman–Crippen LogP) is 4.29. The lowest BCUT2D eigenvalue weighted by Gasteiger charge is -2.22. The van der Waals surface area contributed by atoms with Gasteiger partial charge in [-0.1, -0.05) is 12.1 Å². The van der Waals surface area contributed by atoms with Gasteiger partial charge >= 0.3 is 0 Å². The van der Waals surface area contributed by atoms with Gasteiger partial charge in [0.15, 0.2) is 11.5 Å². The van der Waals surface area contributed by atoms with Crippen LogP contribution >= 0.6 is 12.4 Å². The van der Waals surface area contributed by atoms with Gasteiger partial charge in [-0.3, -0.25) is 4.79 Å². The molecule has 0 saturated heterocycles. The summed E-state index contributed by atoms with van der Waals surface area (Å²) in [5.74, 6) is 1.50. The van der Waals surface area contributed by atoms with Gasteiger partial charge in [-0.05, 0) is 36.7 Å². The molecule has 2 N–H and O–H groups in total. The van der Waals surface area contributed by atoms with Gasteiger partial charge in [0.1, 0.15) is 5.75 Å². The summed E-state index contributed by atoms with van der Waals surface area (Å²) in [6.45, 7) is 0.938. The van der Waals surface area contributed by atoms with Crippen molar-refractivity contribution in [3.63, 3.8) is 0 Å². The molecule has 0 radical (unpaired) electrons. The van der Waals surface area contributed by atoms with Gasteiger partial charge in [0, 0.05) is 25.2 Å². The molecule has 0 spiro atoms. The van der Waals surface area contributed by atoms with Crippen LogP contribution < -0.4 is 24.7 Å². The highest BCUT2D eigenvalue weighted by molar-refractivity contribution is 5.99. The van der Waals surface area contributed by atoms with Crippen molar-refractivity contribution in [2.75, 3.05) is 34.9 Å². The van der Waals surface area contributed by atoms with Gasteiger partial charge in [0.2, 0.25) is 11.5 Å². The number of rotatable bonds is 10. The van der Waals surface area contributed by atoms with Crippen molar-refractivity contribution in [1.82, 2.24) is 4.90 Å². The molecule has 3 rings (SSSR count). The van der Waals surface area contributed by atoms with E-state index in [0.29, 0.717) is 30.3 Å². The predicted molar refractivity (Wildman–Crippen MR) is 127 cm³/mol. The standard InChI is InChI=1S/C24H28N2O6.ClH/c1-26(14-17-10-12-31-15-17)24(27)19-13-20(22(29-3)23(30-4)21(19)28-2)32-18-7-5-16(6-8-18)9-11-25;/h5-8,10,12-13,15H,9,11,14,25H2,1-4H3;1H. The van der Waals surface area contributed by atoms with E-state index in [2.05, 4.69) is 0 Å². The number of amides is 1. The topological polar surface area (TPSA) is 96.4 Å². The number of benzene rings is 2. The largest absolute Gasteiger partial charge is 0.492 e. The molecule has 0 bridgehead atoms. The number of nitrogens with zero attached hydrogens (tertiary/aromatic N) is 1. The molecule has 0 atom stereocenters. The lowest BCUT2D eigenvalue weighted by Crippen LogP contribution is -2.26. The van der Waals surface area contributed by atoms with E-state index < -0.39 is 0 Å². The maximum atomic E-state index is 13.3. The highest BCUT2D eigenvalue weighted by Crippen LogP contribution is 2.48. The minimum Gasteiger partial charge on any atom is -0.492 e. The molecule has 0 unspecified atom stereocenters. The fourth-order valence-electron chi connectivity index (χ4n) is 3.37. The van der Waals surface area contributed by atoms with Crippen molar-refractivity contribution in [2.45, 2.75) is 13.0 Å². The van der Waals surface area contributed by atoms with Crippen molar-refractivity contribution in [2.24, 2.45) is 5.73 Å². The zero-order valence-corrected chi connectivity index (χ0v) is 19.9. The summed E-state index contributed by atoms with van der Waals surface area (Å²) in [6.07, 6.45) is 3.94. The molecule has 33 heavy (non-hydrogen) atoms. The van der Waals surface area contributed by atoms with E-state index in [1.165, 1.54) is 21.3 Å². The van der Waals surface area contributed by atoms with E-state index in [-0.39, 0.29) is 35.4 Å². The third-order valence-corrected chi connectivity index (χ3v) is 4.93. The van der Waals surface area contributed by atoms with Gasteiger partial charge in [0.05, 0.1) is 39.4 Å². The van der Waals surface area contributed by atoms with Crippen molar-refractivity contribution >= 4 is 18.3 Å². The van der Waals surface area contributed by atoms with Crippen LogP contribution in [0.15, 0.2) is 53.3 Å². The summed E-state index contributed by atoms with van der Waals surface area (Å²) in [5.41, 5.74) is 7.88. The van der Waals surface area contributed by atoms with Crippen molar-refractivity contribution in [3.05, 3.63) is 65.6 Å². The van der Waals surface area contributed by atoms with Crippen LogP contribution in [0.1, 0.15) is 21.5 Å². The quantitative estimate of drug-likeness (QED) is 0.466. The van der Waals surface area contributed by atoms with Crippen LogP contribution in [0.5, 0.6) is 28.7 Å². The molecule has 0 aliphatic heterocycles. The number of hydrogen-bond acceptors (Lipinski definition) is 7. The van der Waals surface area contributed by atoms with E-state index in [4.69, 9.17) is 29.1 Å². The lowest BCUT2D eigenvalue weighted by molar-refractivity contribution is 0.0780. The van der Waals surface area contributed by atoms with Crippen molar-refractivity contribution in [1.29, 1.82) is 0 Å². The fraction of sp³-hybridized carbons (Fsp3) is 0.292. The SMILES string of the molecule is COc1c(Oc2ccc(CCN)cc2)cc(C(=O)N(C)Cc2ccoc2)c(OC)c1OC.Cl. The summed E-state index contributed by atoms with van der Waals surface area (Å²) in [6, 6.07) is 11.0. The molecule has 3 aromatic rings. The van der Waals surface area contributed by atoms with Gasteiger partial charge in [-0.25, -0.2) is 0 Å². The first kappa shape index (κ1) is 25.9. The summed E-state index contributed by atoms with van der Waals surface area (Å²) < 4.78 is 27.8. The van der Waals surface area contributed by atoms with Gasteiger partial charge in [-0.15, -0.1) is 12.4 Å². The Bertz CT molecular complexity index is 1040. The Morgan fingerprint density at radius 2 is 1.64 bits per heavy atom.